The Morgan fingerprint density at radius 2 is 2.19 bits per heavy atom. The quantitative estimate of drug-likeness (QED) is 0.756. The number of nitrogens with zero attached hydrogens (tertiary/aromatic N) is 3. The summed E-state index contributed by atoms with van der Waals surface area (Å²) in [6, 6.07) is 3.41. The lowest BCUT2D eigenvalue weighted by Crippen LogP contribution is -2.21. The van der Waals surface area contributed by atoms with E-state index in [2.05, 4.69) is 14.9 Å². The molecule has 6 nitrogen and oxygen atoms in total. The summed E-state index contributed by atoms with van der Waals surface area (Å²) in [6.45, 7) is 0.515. The predicted octanol–water partition coefficient (Wildman–Crippen LogP) is 0.464. The third kappa shape index (κ3) is 1.63. The Morgan fingerprint density at radius 3 is 2.88 bits per heavy atom. The number of aldehydes is 1. The van der Waals surface area contributed by atoms with E-state index in [1.165, 1.54) is 0 Å². The largest absolute Gasteiger partial charge is 0.395 e. The summed E-state index contributed by atoms with van der Waals surface area (Å²) in [5.41, 5.74) is 2.19. The Bertz CT molecular complexity index is 509. The summed E-state index contributed by atoms with van der Waals surface area (Å²) in [4.78, 5) is 12.6. The van der Waals surface area contributed by atoms with Gasteiger partial charge in [0.1, 0.15) is 5.52 Å². The predicted molar refractivity (Wildman–Crippen MR) is 57.5 cm³/mol. The minimum Gasteiger partial charge on any atom is -0.395 e. The number of hydrogen-bond donors (Lipinski definition) is 1. The normalized spacial score (nSPS) is 10.6. The molecular weight excluding hydrogens is 210 g/mol. The van der Waals surface area contributed by atoms with Gasteiger partial charge in [-0.2, -0.15) is 0 Å². The maximum atomic E-state index is 10.8. The number of aliphatic hydroxyl groups excluding tert-OH is 1. The van der Waals surface area contributed by atoms with E-state index in [0.29, 0.717) is 29.4 Å². The average molecular weight is 221 g/mol. The van der Waals surface area contributed by atoms with Crippen molar-refractivity contribution in [1.82, 2.24) is 10.3 Å². The third-order valence-corrected chi connectivity index (χ3v) is 2.40. The Hall–Kier alpha value is -1.95. The van der Waals surface area contributed by atoms with Crippen molar-refractivity contribution in [3.8, 4) is 0 Å². The number of hydrogen-bond acceptors (Lipinski definition) is 6. The summed E-state index contributed by atoms with van der Waals surface area (Å²) >= 11 is 0. The highest BCUT2D eigenvalue weighted by atomic mass is 16.6. The number of carbonyl (C=O) groups excluding carboxylic acids is 1. The molecule has 2 aromatic rings. The third-order valence-electron chi connectivity index (χ3n) is 2.40. The molecular formula is C10H11N3O3. The van der Waals surface area contributed by atoms with Crippen molar-refractivity contribution in [2.24, 2.45) is 0 Å². The van der Waals surface area contributed by atoms with E-state index in [-0.39, 0.29) is 6.61 Å². The average Bonchev–Trinajstić information content (AvgIpc) is 2.76. The van der Waals surface area contributed by atoms with E-state index >= 15 is 0 Å². The highest BCUT2D eigenvalue weighted by molar-refractivity contribution is 5.99. The first-order valence-corrected chi connectivity index (χ1v) is 4.80. The molecule has 84 valence electrons. The Kier molecular flexibility index (Phi) is 2.82. The van der Waals surface area contributed by atoms with Crippen LogP contribution >= 0.6 is 0 Å². The molecule has 0 amide bonds. The Labute approximate surface area is 91.4 Å². The molecule has 0 fully saturated rings. The van der Waals surface area contributed by atoms with Crippen molar-refractivity contribution < 1.29 is 14.5 Å². The topological polar surface area (TPSA) is 79.5 Å². The second-order valence-electron chi connectivity index (χ2n) is 3.40. The summed E-state index contributed by atoms with van der Waals surface area (Å²) in [5, 5.41) is 16.3. The number of aliphatic hydroxyl groups is 1. The van der Waals surface area contributed by atoms with Gasteiger partial charge in [-0.1, -0.05) is 0 Å². The van der Waals surface area contributed by atoms with Crippen molar-refractivity contribution in [3.63, 3.8) is 0 Å². The van der Waals surface area contributed by atoms with Gasteiger partial charge in [-0.3, -0.25) is 4.79 Å². The first kappa shape index (κ1) is 10.6. The molecule has 16 heavy (non-hydrogen) atoms. The maximum Gasteiger partial charge on any atom is 0.159 e. The molecule has 2 rings (SSSR count). The van der Waals surface area contributed by atoms with Crippen LogP contribution < -0.4 is 4.90 Å². The summed E-state index contributed by atoms with van der Waals surface area (Å²) < 4.78 is 4.63. The van der Waals surface area contributed by atoms with Crippen LogP contribution in [0.4, 0.5) is 5.69 Å². The molecule has 0 bridgehead atoms. The zero-order valence-corrected chi connectivity index (χ0v) is 8.75. The molecule has 6 heteroatoms. The van der Waals surface area contributed by atoms with Crippen LogP contribution in [-0.2, 0) is 0 Å². The molecule has 0 aliphatic carbocycles. The molecule has 0 unspecified atom stereocenters. The van der Waals surface area contributed by atoms with Gasteiger partial charge in [0.15, 0.2) is 11.8 Å². The molecule has 0 aliphatic rings. The summed E-state index contributed by atoms with van der Waals surface area (Å²) in [7, 11) is 1.82. The molecule has 0 saturated heterocycles. The molecule has 0 spiro atoms. The SMILES string of the molecule is CN(CCO)c1ccc(C=O)c2nonc12. The zero-order valence-electron chi connectivity index (χ0n) is 8.75. The van der Waals surface area contributed by atoms with E-state index < -0.39 is 0 Å². The van der Waals surface area contributed by atoms with Gasteiger partial charge < -0.3 is 10.0 Å². The Balaban J connectivity index is 2.55. The van der Waals surface area contributed by atoms with Crippen molar-refractivity contribution in [2.75, 3.05) is 25.1 Å². The highest BCUT2D eigenvalue weighted by Gasteiger charge is 2.13. The fraction of sp³-hybridized carbons (Fsp3) is 0.300. The van der Waals surface area contributed by atoms with Gasteiger partial charge in [0.05, 0.1) is 12.3 Å². The van der Waals surface area contributed by atoms with E-state index in [0.717, 1.165) is 5.69 Å². The van der Waals surface area contributed by atoms with Gasteiger partial charge in [0, 0.05) is 19.2 Å². The maximum absolute atomic E-state index is 10.8. The second kappa shape index (κ2) is 4.28. The summed E-state index contributed by atoms with van der Waals surface area (Å²) in [6.07, 6.45) is 0.711. The smallest absolute Gasteiger partial charge is 0.159 e. The number of likely N-dealkylation sites (N-methyl/N-ethyl adjacent to an activating group) is 1. The van der Waals surface area contributed by atoms with Crippen molar-refractivity contribution >= 4 is 23.0 Å². The van der Waals surface area contributed by atoms with E-state index in [1.807, 2.05) is 11.9 Å². The fourth-order valence-corrected chi connectivity index (χ4v) is 1.55. The lowest BCUT2D eigenvalue weighted by Gasteiger charge is -2.17. The molecule has 0 atom stereocenters. The van der Waals surface area contributed by atoms with Gasteiger partial charge in [0.25, 0.3) is 0 Å². The second-order valence-corrected chi connectivity index (χ2v) is 3.40. The van der Waals surface area contributed by atoms with Crippen molar-refractivity contribution in [1.29, 1.82) is 0 Å². The highest BCUT2D eigenvalue weighted by Crippen LogP contribution is 2.25. The Morgan fingerprint density at radius 1 is 1.44 bits per heavy atom. The lowest BCUT2D eigenvalue weighted by molar-refractivity contribution is 0.112. The molecule has 1 heterocycles. The minimum absolute atomic E-state index is 0.0404. The lowest BCUT2D eigenvalue weighted by atomic mass is 10.1. The van der Waals surface area contributed by atoms with Crippen LogP contribution in [0.2, 0.25) is 0 Å². The van der Waals surface area contributed by atoms with Gasteiger partial charge in [0.2, 0.25) is 0 Å². The molecule has 1 aromatic heterocycles. The summed E-state index contributed by atoms with van der Waals surface area (Å²) in [5.74, 6) is 0. The van der Waals surface area contributed by atoms with Crippen LogP contribution in [0.15, 0.2) is 16.8 Å². The van der Waals surface area contributed by atoms with Gasteiger partial charge in [-0.05, 0) is 22.4 Å². The van der Waals surface area contributed by atoms with Gasteiger partial charge in [-0.25, -0.2) is 4.63 Å². The molecule has 0 aliphatic heterocycles. The number of fused-ring (bicyclic) bond motifs is 1. The monoisotopic (exact) mass is 221 g/mol. The standard InChI is InChI=1S/C10H11N3O3/c1-13(4-5-14)8-3-2-7(6-15)9-10(8)12-16-11-9/h2-3,6,14H,4-5H2,1H3. The number of anilines is 1. The number of benzene rings is 1. The van der Waals surface area contributed by atoms with Crippen LogP contribution in [0.25, 0.3) is 11.0 Å². The number of aromatic nitrogens is 2. The minimum atomic E-state index is 0.0404. The fourth-order valence-electron chi connectivity index (χ4n) is 1.55. The van der Waals surface area contributed by atoms with E-state index in [4.69, 9.17) is 5.11 Å². The molecule has 0 saturated carbocycles. The molecule has 1 aromatic carbocycles. The van der Waals surface area contributed by atoms with Crippen LogP contribution in [0.3, 0.4) is 0 Å². The van der Waals surface area contributed by atoms with Crippen LogP contribution in [0.1, 0.15) is 10.4 Å². The van der Waals surface area contributed by atoms with Crippen LogP contribution in [0, 0.1) is 0 Å². The van der Waals surface area contributed by atoms with Crippen molar-refractivity contribution in [2.45, 2.75) is 0 Å². The van der Waals surface area contributed by atoms with Gasteiger partial charge in [-0.15, -0.1) is 0 Å². The van der Waals surface area contributed by atoms with E-state index in [1.54, 1.807) is 12.1 Å². The molecule has 1 N–H and O–H groups in total. The van der Waals surface area contributed by atoms with Crippen LogP contribution in [-0.4, -0.2) is 41.9 Å². The first-order valence-electron chi connectivity index (χ1n) is 4.80. The molecule has 0 radical (unpaired) electrons. The van der Waals surface area contributed by atoms with Crippen molar-refractivity contribution in [3.05, 3.63) is 17.7 Å². The van der Waals surface area contributed by atoms with E-state index in [9.17, 15) is 4.79 Å². The number of carbonyl (C=O) groups is 1. The first-order chi connectivity index (χ1) is 7.77. The van der Waals surface area contributed by atoms with Gasteiger partial charge >= 0.3 is 0 Å². The number of rotatable bonds is 4. The van der Waals surface area contributed by atoms with Crippen LogP contribution in [0.5, 0.6) is 0 Å². The zero-order chi connectivity index (χ0) is 11.5.